The van der Waals surface area contributed by atoms with E-state index in [1.165, 1.54) is 12.3 Å². The summed E-state index contributed by atoms with van der Waals surface area (Å²) in [6.45, 7) is 1.81. The highest BCUT2D eigenvalue weighted by molar-refractivity contribution is 7.90. The molecule has 0 saturated carbocycles. The van der Waals surface area contributed by atoms with Gasteiger partial charge >= 0.3 is 0 Å². The molecule has 6 nitrogen and oxygen atoms in total. The van der Waals surface area contributed by atoms with Crippen LogP contribution in [-0.4, -0.2) is 23.2 Å². The summed E-state index contributed by atoms with van der Waals surface area (Å²) in [5.74, 6) is -0.161. The van der Waals surface area contributed by atoms with Gasteiger partial charge in [0.25, 0.3) is 0 Å². The summed E-state index contributed by atoms with van der Waals surface area (Å²) in [6.07, 6.45) is 1.41. The summed E-state index contributed by atoms with van der Waals surface area (Å²) in [4.78, 5) is 3.84. The first kappa shape index (κ1) is 12.6. The molecule has 96 valence electrons. The molecule has 7 heteroatoms. The van der Waals surface area contributed by atoms with Crippen molar-refractivity contribution >= 4 is 15.5 Å². The van der Waals surface area contributed by atoms with E-state index in [4.69, 9.17) is 5.73 Å². The maximum absolute atomic E-state index is 12.2. The minimum Gasteiger partial charge on any atom is -0.396 e. The van der Waals surface area contributed by atoms with E-state index >= 15 is 0 Å². The third-order valence-corrected chi connectivity index (χ3v) is 4.14. The molecule has 0 saturated heterocycles. The molecule has 2 N–H and O–H groups in total. The Bertz CT molecular complexity index is 676. The van der Waals surface area contributed by atoms with Crippen molar-refractivity contribution in [3.63, 3.8) is 0 Å². The molecule has 2 aromatic heterocycles. The molecule has 0 aliphatic heterocycles. The fraction of sp³-hybridized carbons (Fsp3) is 0.273. The maximum atomic E-state index is 12.2. The van der Waals surface area contributed by atoms with Crippen molar-refractivity contribution in [2.24, 2.45) is 7.05 Å². The summed E-state index contributed by atoms with van der Waals surface area (Å²) >= 11 is 0. The summed E-state index contributed by atoms with van der Waals surface area (Å²) in [6, 6.07) is 4.85. The van der Waals surface area contributed by atoms with E-state index in [0.717, 1.165) is 5.69 Å². The predicted molar refractivity (Wildman–Crippen MR) is 67.5 cm³/mol. The van der Waals surface area contributed by atoms with Gasteiger partial charge in [-0.2, -0.15) is 5.10 Å². The normalized spacial score (nSPS) is 11.7. The van der Waals surface area contributed by atoms with Gasteiger partial charge in [-0.05, 0) is 25.1 Å². The van der Waals surface area contributed by atoms with Crippen molar-refractivity contribution < 1.29 is 8.42 Å². The van der Waals surface area contributed by atoms with Gasteiger partial charge in [0.2, 0.25) is 9.84 Å². The molecule has 0 unspecified atom stereocenters. The molecule has 0 fully saturated rings. The first-order chi connectivity index (χ1) is 8.40. The van der Waals surface area contributed by atoms with Crippen LogP contribution in [0.25, 0.3) is 0 Å². The zero-order chi connectivity index (χ0) is 13.3. The number of nitrogen functional groups attached to an aromatic ring is 1. The van der Waals surface area contributed by atoms with E-state index in [0.29, 0.717) is 5.69 Å². The Morgan fingerprint density at radius 1 is 1.44 bits per heavy atom. The number of sulfone groups is 1. The molecule has 0 aliphatic rings. The number of aromatic nitrogens is 3. The molecule has 2 rings (SSSR count). The van der Waals surface area contributed by atoms with E-state index in [9.17, 15) is 8.42 Å². The second-order valence-corrected chi connectivity index (χ2v) is 5.96. The van der Waals surface area contributed by atoms with E-state index < -0.39 is 9.84 Å². The lowest BCUT2D eigenvalue weighted by Crippen LogP contribution is -2.12. The molecule has 0 bridgehead atoms. The smallest absolute Gasteiger partial charge is 0.203 e. The average Bonchev–Trinajstić information content (AvgIpc) is 2.57. The van der Waals surface area contributed by atoms with E-state index in [1.54, 1.807) is 23.9 Å². The summed E-state index contributed by atoms with van der Waals surface area (Å²) in [7, 11) is -1.84. The van der Waals surface area contributed by atoms with Crippen LogP contribution in [-0.2, 0) is 22.6 Å². The number of pyridine rings is 1. The van der Waals surface area contributed by atoms with Crippen molar-refractivity contribution in [2.75, 3.05) is 5.73 Å². The highest BCUT2D eigenvalue weighted by Gasteiger charge is 2.21. The SMILES string of the molecule is Cc1cc(CS(=O)(=O)c2ncccc2N)n(C)n1. The van der Waals surface area contributed by atoms with Gasteiger partial charge in [-0.3, -0.25) is 4.68 Å². The van der Waals surface area contributed by atoms with Gasteiger partial charge < -0.3 is 5.73 Å². The molecule has 0 aromatic carbocycles. The van der Waals surface area contributed by atoms with Crippen molar-refractivity contribution in [3.8, 4) is 0 Å². The van der Waals surface area contributed by atoms with Crippen LogP contribution in [0, 0.1) is 6.92 Å². The molecule has 0 aliphatic carbocycles. The Balaban J connectivity index is 2.39. The second-order valence-electron chi connectivity index (χ2n) is 4.06. The largest absolute Gasteiger partial charge is 0.396 e. The van der Waals surface area contributed by atoms with Crippen molar-refractivity contribution in [1.82, 2.24) is 14.8 Å². The zero-order valence-electron chi connectivity index (χ0n) is 10.2. The monoisotopic (exact) mass is 266 g/mol. The molecular weight excluding hydrogens is 252 g/mol. The molecule has 0 atom stereocenters. The molecule has 2 heterocycles. The van der Waals surface area contributed by atoms with Crippen LogP contribution in [0.1, 0.15) is 11.4 Å². The Kier molecular flexibility index (Phi) is 3.08. The number of nitrogens with two attached hydrogens (primary N) is 1. The quantitative estimate of drug-likeness (QED) is 0.882. The van der Waals surface area contributed by atoms with Crippen molar-refractivity contribution in [2.45, 2.75) is 17.7 Å². The van der Waals surface area contributed by atoms with Crippen molar-refractivity contribution in [1.29, 1.82) is 0 Å². The van der Waals surface area contributed by atoms with Gasteiger partial charge in [0.1, 0.15) is 0 Å². The minimum atomic E-state index is -3.55. The molecule has 18 heavy (non-hydrogen) atoms. The molecule has 0 amide bonds. The van der Waals surface area contributed by atoms with E-state index in [1.807, 2.05) is 6.92 Å². The first-order valence-corrected chi connectivity index (χ1v) is 6.98. The first-order valence-electron chi connectivity index (χ1n) is 5.33. The van der Waals surface area contributed by atoms with Gasteiger partial charge in [0.15, 0.2) is 5.03 Å². The van der Waals surface area contributed by atoms with Crippen LogP contribution < -0.4 is 5.73 Å². The summed E-state index contributed by atoms with van der Waals surface area (Å²) in [5.41, 5.74) is 7.19. The summed E-state index contributed by atoms with van der Waals surface area (Å²) < 4.78 is 25.9. The molecule has 0 radical (unpaired) electrons. The van der Waals surface area contributed by atoms with Crippen LogP contribution in [0.5, 0.6) is 0 Å². The van der Waals surface area contributed by atoms with Gasteiger partial charge in [0, 0.05) is 13.2 Å². The molecule has 0 spiro atoms. The highest BCUT2D eigenvalue weighted by Crippen LogP contribution is 2.19. The second kappa shape index (κ2) is 4.41. The minimum absolute atomic E-state index is 0.0798. The van der Waals surface area contributed by atoms with Crippen molar-refractivity contribution in [3.05, 3.63) is 35.8 Å². The Labute approximate surface area is 105 Å². The van der Waals surface area contributed by atoms with Crippen LogP contribution in [0.2, 0.25) is 0 Å². The Morgan fingerprint density at radius 3 is 2.72 bits per heavy atom. The molecule has 2 aromatic rings. The third-order valence-electron chi connectivity index (χ3n) is 2.53. The standard InChI is InChI=1S/C11H14N4O2S/c1-8-6-9(15(2)14-8)7-18(16,17)11-10(12)4-3-5-13-11/h3-6H,7,12H2,1-2H3. The Hall–Kier alpha value is -1.89. The van der Waals surface area contributed by atoms with Crippen LogP contribution in [0.3, 0.4) is 0 Å². The van der Waals surface area contributed by atoms with Gasteiger partial charge in [-0.1, -0.05) is 0 Å². The van der Waals surface area contributed by atoms with E-state index in [2.05, 4.69) is 10.1 Å². The third kappa shape index (κ3) is 2.35. The number of aryl methyl sites for hydroxylation is 2. The fourth-order valence-electron chi connectivity index (χ4n) is 1.73. The molecular formula is C11H14N4O2S. The lowest BCUT2D eigenvalue weighted by Gasteiger charge is -2.06. The van der Waals surface area contributed by atoms with Gasteiger partial charge in [0.05, 0.1) is 22.8 Å². The fourth-order valence-corrected chi connectivity index (χ4v) is 3.17. The topological polar surface area (TPSA) is 90.9 Å². The highest BCUT2D eigenvalue weighted by atomic mass is 32.2. The number of hydrogen-bond donors (Lipinski definition) is 1. The predicted octanol–water partition coefficient (Wildman–Crippen LogP) is 0.680. The van der Waals surface area contributed by atoms with E-state index in [-0.39, 0.29) is 16.5 Å². The lowest BCUT2D eigenvalue weighted by molar-refractivity contribution is 0.588. The van der Waals surface area contributed by atoms with Gasteiger partial charge in [-0.25, -0.2) is 13.4 Å². The van der Waals surface area contributed by atoms with Crippen LogP contribution in [0.4, 0.5) is 5.69 Å². The lowest BCUT2D eigenvalue weighted by atomic mass is 10.4. The number of nitrogens with zero attached hydrogens (tertiary/aromatic N) is 3. The van der Waals surface area contributed by atoms with Crippen LogP contribution >= 0.6 is 0 Å². The number of hydrogen-bond acceptors (Lipinski definition) is 5. The van der Waals surface area contributed by atoms with Crippen LogP contribution in [0.15, 0.2) is 29.4 Å². The number of anilines is 1. The van der Waals surface area contributed by atoms with Gasteiger partial charge in [-0.15, -0.1) is 0 Å². The Morgan fingerprint density at radius 2 is 2.17 bits per heavy atom. The summed E-state index contributed by atoms with van der Waals surface area (Å²) in [5, 5.41) is 4.03. The zero-order valence-corrected chi connectivity index (χ0v) is 11.0. The number of rotatable bonds is 3. The average molecular weight is 266 g/mol. The maximum Gasteiger partial charge on any atom is 0.203 e.